The van der Waals surface area contributed by atoms with E-state index in [1.54, 1.807) is 28.4 Å². The first kappa shape index (κ1) is 17.8. The normalized spacial score (nSPS) is 13.3. The van der Waals surface area contributed by atoms with Crippen molar-refractivity contribution in [3.05, 3.63) is 64.0 Å². The number of thiazole rings is 1. The third kappa shape index (κ3) is 3.47. The van der Waals surface area contributed by atoms with Crippen LogP contribution in [0.1, 0.15) is 31.4 Å². The molecule has 29 heavy (non-hydrogen) atoms. The van der Waals surface area contributed by atoms with Crippen LogP contribution in [0.2, 0.25) is 0 Å². The Hall–Kier alpha value is -3.24. The minimum absolute atomic E-state index is 0.118. The van der Waals surface area contributed by atoms with Gasteiger partial charge < -0.3 is 9.32 Å². The van der Waals surface area contributed by atoms with Crippen LogP contribution in [0.4, 0.5) is 5.13 Å². The van der Waals surface area contributed by atoms with E-state index in [-0.39, 0.29) is 11.8 Å². The maximum atomic E-state index is 12.9. The van der Waals surface area contributed by atoms with Crippen LogP contribution < -0.4 is 5.32 Å². The SMILES string of the molecule is O=C(Nc1nc2c(s1)CN(C(=O)c1cc(-c3cccs3)[nH]n1)CC2)c1ccoc1. The second kappa shape index (κ2) is 7.30. The first-order chi connectivity index (χ1) is 14.2. The van der Waals surface area contributed by atoms with Crippen LogP contribution in [0, 0.1) is 0 Å². The van der Waals surface area contributed by atoms with Crippen molar-refractivity contribution in [3.8, 4) is 10.6 Å². The smallest absolute Gasteiger partial charge is 0.274 e. The zero-order valence-corrected chi connectivity index (χ0v) is 16.7. The number of hydrogen-bond acceptors (Lipinski definition) is 7. The number of nitrogens with zero attached hydrogens (tertiary/aromatic N) is 3. The fourth-order valence-corrected chi connectivity index (χ4v) is 4.85. The number of hydrogen-bond donors (Lipinski definition) is 2. The Labute approximate surface area is 173 Å². The molecule has 1 aliphatic heterocycles. The van der Waals surface area contributed by atoms with E-state index in [0.29, 0.717) is 35.9 Å². The number of carbonyl (C=O) groups excluding carboxylic acids is 2. The monoisotopic (exact) mass is 425 g/mol. The number of H-pyrrole nitrogens is 1. The molecule has 10 heteroatoms. The zero-order valence-electron chi connectivity index (χ0n) is 15.0. The van der Waals surface area contributed by atoms with E-state index in [4.69, 9.17) is 4.42 Å². The molecule has 0 aliphatic carbocycles. The van der Waals surface area contributed by atoms with E-state index >= 15 is 0 Å². The van der Waals surface area contributed by atoms with E-state index in [0.717, 1.165) is 21.1 Å². The Morgan fingerprint density at radius 3 is 3.03 bits per heavy atom. The van der Waals surface area contributed by atoms with Crippen LogP contribution in [0.25, 0.3) is 10.6 Å². The summed E-state index contributed by atoms with van der Waals surface area (Å²) in [5.41, 5.74) is 2.59. The van der Waals surface area contributed by atoms with Crippen molar-refractivity contribution in [3.63, 3.8) is 0 Å². The molecule has 146 valence electrons. The van der Waals surface area contributed by atoms with E-state index in [1.165, 1.54) is 23.9 Å². The van der Waals surface area contributed by atoms with Crippen LogP contribution in [0.15, 0.2) is 46.6 Å². The quantitative estimate of drug-likeness (QED) is 0.519. The van der Waals surface area contributed by atoms with E-state index in [9.17, 15) is 9.59 Å². The number of rotatable bonds is 4. The summed E-state index contributed by atoms with van der Waals surface area (Å²) in [6, 6.07) is 7.32. The average Bonchev–Trinajstić information content (AvgIpc) is 3.53. The molecule has 1 aliphatic rings. The van der Waals surface area contributed by atoms with Crippen LogP contribution in [-0.2, 0) is 13.0 Å². The summed E-state index contributed by atoms with van der Waals surface area (Å²) in [4.78, 5) is 33.3. The Morgan fingerprint density at radius 1 is 1.31 bits per heavy atom. The number of carbonyl (C=O) groups is 2. The number of aromatic nitrogens is 3. The highest BCUT2D eigenvalue weighted by molar-refractivity contribution is 7.16. The topological polar surface area (TPSA) is 104 Å². The minimum Gasteiger partial charge on any atom is -0.472 e. The molecule has 8 nitrogen and oxygen atoms in total. The lowest BCUT2D eigenvalue weighted by Gasteiger charge is -2.25. The fraction of sp³-hybridized carbons (Fsp3) is 0.158. The van der Waals surface area contributed by atoms with Gasteiger partial charge in [-0.25, -0.2) is 4.98 Å². The molecule has 2 amide bonds. The van der Waals surface area contributed by atoms with Crippen molar-refractivity contribution in [2.24, 2.45) is 0 Å². The summed E-state index contributed by atoms with van der Waals surface area (Å²) in [5, 5.41) is 12.4. The lowest BCUT2D eigenvalue weighted by Crippen LogP contribution is -2.35. The van der Waals surface area contributed by atoms with Crippen LogP contribution in [-0.4, -0.2) is 38.4 Å². The molecular weight excluding hydrogens is 410 g/mol. The predicted molar refractivity (Wildman–Crippen MR) is 109 cm³/mol. The third-order valence-corrected chi connectivity index (χ3v) is 6.51. The van der Waals surface area contributed by atoms with Gasteiger partial charge in [-0.2, -0.15) is 5.10 Å². The van der Waals surface area contributed by atoms with Crippen LogP contribution in [0.5, 0.6) is 0 Å². The highest BCUT2D eigenvalue weighted by Crippen LogP contribution is 2.30. The molecule has 0 fully saturated rings. The van der Waals surface area contributed by atoms with Gasteiger partial charge >= 0.3 is 0 Å². The van der Waals surface area contributed by atoms with Crippen LogP contribution >= 0.6 is 22.7 Å². The zero-order chi connectivity index (χ0) is 19.8. The standard InChI is InChI=1S/C19H15N5O3S2/c25-17(11-4-6-27-10-11)21-19-20-12-3-5-24(9-16(12)29-19)18(26)14-8-13(22-23-14)15-2-1-7-28-15/h1-2,4,6-8,10H,3,5,9H2,(H,22,23)(H,20,21,25). The van der Waals surface area contributed by atoms with Crippen molar-refractivity contribution >= 4 is 39.6 Å². The van der Waals surface area contributed by atoms with Gasteiger partial charge in [0.15, 0.2) is 10.8 Å². The molecule has 4 aromatic rings. The summed E-state index contributed by atoms with van der Waals surface area (Å²) in [7, 11) is 0. The van der Waals surface area contributed by atoms with Gasteiger partial charge in [0.2, 0.25) is 0 Å². The molecular formula is C19H15N5O3S2. The number of anilines is 1. The van der Waals surface area contributed by atoms with Gasteiger partial charge in [0, 0.05) is 17.8 Å². The first-order valence-corrected chi connectivity index (χ1v) is 10.6. The maximum Gasteiger partial charge on any atom is 0.274 e. The van der Waals surface area contributed by atoms with E-state index in [1.807, 2.05) is 17.5 Å². The van der Waals surface area contributed by atoms with Crippen molar-refractivity contribution < 1.29 is 14.0 Å². The maximum absolute atomic E-state index is 12.9. The molecule has 0 aromatic carbocycles. The predicted octanol–water partition coefficient (Wildman–Crippen LogP) is 3.64. The Balaban J connectivity index is 1.29. The molecule has 0 bridgehead atoms. The van der Waals surface area contributed by atoms with Gasteiger partial charge in [0.05, 0.1) is 34.6 Å². The van der Waals surface area contributed by atoms with E-state index < -0.39 is 0 Å². The first-order valence-electron chi connectivity index (χ1n) is 8.88. The average molecular weight is 425 g/mol. The van der Waals surface area contributed by atoms with Crippen molar-refractivity contribution in [2.75, 3.05) is 11.9 Å². The molecule has 5 heterocycles. The summed E-state index contributed by atoms with van der Waals surface area (Å²) < 4.78 is 4.93. The number of fused-ring (bicyclic) bond motifs is 1. The molecule has 0 unspecified atom stereocenters. The van der Waals surface area contributed by atoms with Crippen molar-refractivity contribution in [2.45, 2.75) is 13.0 Å². The second-order valence-corrected chi connectivity index (χ2v) is 8.51. The van der Waals surface area contributed by atoms with Crippen molar-refractivity contribution in [1.82, 2.24) is 20.1 Å². The third-order valence-electron chi connectivity index (χ3n) is 4.61. The molecule has 2 N–H and O–H groups in total. The van der Waals surface area contributed by atoms with Gasteiger partial charge in [-0.15, -0.1) is 11.3 Å². The summed E-state index contributed by atoms with van der Waals surface area (Å²) in [6.45, 7) is 1.01. The van der Waals surface area contributed by atoms with Gasteiger partial charge in [0.1, 0.15) is 6.26 Å². The highest BCUT2D eigenvalue weighted by Gasteiger charge is 2.27. The molecule has 5 rings (SSSR count). The minimum atomic E-state index is -0.268. The summed E-state index contributed by atoms with van der Waals surface area (Å²) in [5.74, 6) is -0.387. The number of furan rings is 1. The number of aromatic amines is 1. The molecule has 4 aromatic heterocycles. The van der Waals surface area contributed by atoms with Gasteiger partial charge in [-0.3, -0.25) is 20.0 Å². The summed E-state index contributed by atoms with van der Waals surface area (Å²) in [6.07, 6.45) is 3.48. The Kier molecular flexibility index (Phi) is 4.49. The summed E-state index contributed by atoms with van der Waals surface area (Å²) >= 11 is 2.98. The largest absolute Gasteiger partial charge is 0.472 e. The molecule has 0 atom stereocenters. The number of nitrogens with one attached hydrogen (secondary N) is 2. The van der Waals surface area contributed by atoms with Gasteiger partial charge in [-0.05, 0) is 23.6 Å². The lowest BCUT2D eigenvalue weighted by atomic mass is 10.1. The fourth-order valence-electron chi connectivity index (χ4n) is 3.14. The highest BCUT2D eigenvalue weighted by atomic mass is 32.1. The molecule has 0 radical (unpaired) electrons. The number of thiophene rings is 1. The Bertz CT molecular complexity index is 1160. The van der Waals surface area contributed by atoms with Crippen molar-refractivity contribution in [1.29, 1.82) is 0 Å². The molecule has 0 spiro atoms. The second-order valence-electron chi connectivity index (χ2n) is 6.48. The number of amides is 2. The molecule has 0 saturated carbocycles. The van der Waals surface area contributed by atoms with Gasteiger partial charge in [-0.1, -0.05) is 17.4 Å². The molecule has 0 saturated heterocycles. The van der Waals surface area contributed by atoms with Gasteiger partial charge in [0.25, 0.3) is 11.8 Å². The van der Waals surface area contributed by atoms with Crippen LogP contribution in [0.3, 0.4) is 0 Å². The van der Waals surface area contributed by atoms with E-state index in [2.05, 4.69) is 20.5 Å². The lowest BCUT2D eigenvalue weighted by molar-refractivity contribution is 0.0730. The Morgan fingerprint density at radius 2 is 2.24 bits per heavy atom.